The summed E-state index contributed by atoms with van der Waals surface area (Å²) in [4.78, 5) is 28.0. The number of anilines is 1. The van der Waals surface area contributed by atoms with Gasteiger partial charge in [-0.15, -0.1) is 5.10 Å². The molecular weight excluding hydrogens is 224 g/mol. The van der Waals surface area contributed by atoms with Gasteiger partial charge in [0.25, 0.3) is 5.56 Å². The number of rotatable bonds is 5. The van der Waals surface area contributed by atoms with Crippen molar-refractivity contribution in [2.45, 2.75) is 13.0 Å². The van der Waals surface area contributed by atoms with Gasteiger partial charge in [-0.1, -0.05) is 0 Å². The lowest BCUT2D eigenvalue weighted by atomic mass is 10.4. The van der Waals surface area contributed by atoms with Gasteiger partial charge < -0.3 is 9.88 Å². The first-order valence-electron chi connectivity index (χ1n) is 5.14. The summed E-state index contributed by atoms with van der Waals surface area (Å²) in [5, 5.41) is 8.60. The fourth-order valence-electron chi connectivity index (χ4n) is 1.35. The van der Waals surface area contributed by atoms with E-state index in [4.69, 9.17) is 0 Å². The molecule has 0 unspecified atom stereocenters. The molecule has 3 N–H and O–H groups in total. The van der Waals surface area contributed by atoms with Crippen molar-refractivity contribution in [3.05, 3.63) is 39.6 Å². The Morgan fingerprint density at radius 1 is 1.41 bits per heavy atom. The molecule has 2 heterocycles. The average Bonchev–Trinajstić information content (AvgIpc) is 2.79. The van der Waals surface area contributed by atoms with E-state index in [1.165, 1.54) is 0 Å². The van der Waals surface area contributed by atoms with Crippen molar-refractivity contribution in [3.63, 3.8) is 0 Å². The van der Waals surface area contributed by atoms with E-state index in [-0.39, 0.29) is 5.82 Å². The molecule has 0 aromatic carbocycles. The second-order valence-corrected chi connectivity index (χ2v) is 3.44. The van der Waals surface area contributed by atoms with E-state index in [9.17, 15) is 9.59 Å². The molecule has 0 saturated carbocycles. The van der Waals surface area contributed by atoms with Gasteiger partial charge in [0.1, 0.15) is 0 Å². The average molecular weight is 236 g/mol. The van der Waals surface area contributed by atoms with Crippen molar-refractivity contribution in [1.29, 1.82) is 0 Å². The number of nitrogens with one attached hydrogen (secondary N) is 3. The molecular formula is C9H12N6O2. The van der Waals surface area contributed by atoms with E-state index in [1.807, 2.05) is 10.8 Å². The van der Waals surface area contributed by atoms with Crippen LogP contribution in [0.3, 0.4) is 0 Å². The monoisotopic (exact) mass is 236 g/mol. The molecule has 0 aliphatic carbocycles. The molecule has 17 heavy (non-hydrogen) atoms. The summed E-state index contributed by atoms with van der Waals surface area (Å²) < 4.78 is 1.94. The van der Waals surface area contributed by atoms with Gasteiger partial charge in [0.2, 0.25) is 5.82 Å². The predicted molar refractivity (Wildman–Crippen MR) is 60.8 cm³/mol. The molecule has 2 aromatic heterocycles. The largest absolute Gasteiger partial charge is 0.364 e. The number of aryl methyl sites for hydroxylation is 1. The number of aromatic amines is 2. The Morgan fingerprint density at radius 3 is 3.00 bits per heavy atom. The summed E-state index contributed by atoms with van der Waals surface area (Å²) in [5.74, 6) is 0.121. The van der Waals surface area contributed by atoms with Crippen molar-refractivity contribution >= 4 is 5.82 Å². The molecule has 0 radical (unpaired) electrons. The van der Waals surface area contributed by atoms with Gasteiger partial charge in [-0.05, 0) is 6.42 Å². The maximum absolute atomic E-state index is 11.2. The van der Waals surface area contributed by atoms with Crippen LogP contribution in [0.15, 0.2) is 28.3 Å². The number of hydrogen-bond donors (Lipinski definition) is 3. The highest BCUT2D eigenvalue weighted by Crippen LogP contribution is 1.92. The standard InChI is InChI=1S/C9H12N6O2/c16-8-7(13-14-9(17)12-8)11-2-1-4-15-5-3-10-6-15/h3,5-6H,1-2,4H2,(H,11,13)(H2,12,14,16,17). The first kappa shape index (κ1) is 11.1. The van der Waals surface area contributed by atoms with Crippen LogP contribution in [-0.2, 0) is 6.54 Å². The summed E-state index contributed by atoms with van der Waals surface area (Å²) in [5.41, 5.74) is -1.13. The number of nitrogens with zero attached hydrogens (tertiary/aromatic N) is 3. The predicted octanol–water partition coefficient (Wildman–Crippen LogP) is -0.843. The fraction of sp³-hybridized carbons (Fsp3) is 0.333. The Kier molecular flexibility index (Phi) is 3.34. The molecule has 0 amide bonds. The van der Waals surface area contributed by atoms with Crippen LogP contribution in [0.2, 0.25) is 0 Å². The second-order valence-electron chi connectivity index (χ2n) is 3.44. The van der Waals surface area contributed by atoms with E-state index in [2.05, 4.69) is 25.5 Å². The Morgan fingerprint density at radius 2 is 2.29 bits per heavy atom. The highest BCUT2D eigenvalue weighted by molar-refractivity contribution is 5.28. The van der Waals surface area contributed by atoms with Crippen molar-refractivity contribution < 1.29 is 0 Å². The van der Waals surface area contributed by atoms with Gasteiger partial charge in [0, 0.05) is 25.5 Å². The zero-order valence-corrected chi connectivity index (χ0v) is 9.01. The molecule has 2 aromatic rings. The number of aromatic nitrogens is 5. The van der Waals surface area contributed by atoms with Crippen LogP contribution >= 0.6 is 0 Å². The normalized spacial score (nSPS) is 10.4. The maximum Gasteiger partial charge on any atom is 0.342 e. The van der Waals surface area contributed by atoms with Crippen molar-refractivity contribution in [3.8, 4) is 0 Å². The van der Waals surface area contributed by atoms with Crippen LogP contribution in [0.1, 0.15) is 6.42 Å². The van der Waals surface area contributed by atoms with Gasteiger partial charge in [0.15, 0.2) is 0 Å². The van der Waals surface area contributed by atoms with Crippen LogP contribution in [0.5, 0.6) is 0 Å². The van der Waals surface area contributed by atoms with Gasteiger partial charge in [-0.25, -0.2) is 14.9 Å². The van der Waals surface area contributed by atoms with Crippen molar-refractivity contribution in [1.82, 2.24) is 24.7 Å². The molecule has 0 saturated heterocycles. The fourth-order valence-corrected chi connectivity index (χ4v) is 1.35. The highest BCUT2D eigenvalue weighted by Gasteiger charge is 2.00. The summed E-state index contributed by atoms with van der Waals surface area (Å²) in [6.45, 7) is 1.38. The lowest BCUT2D eigenvalue weighted by molar-refractivity contribution is 0.658. The minimum atomic E-state index is -0.612. The summed E-state index contributed by atoms with van der Waals surface area (Å²) in [7, 11) is 0. The highest BCUT2D eigenvalue weighted by atomic mass is 16.2. The smallest absolute Gasteiger partial charge is 0.342 e. The number of hydrogen-bond acceptors (Lipinski definition) is 5. The topological polar surface area (TPSA) is 108 Å². The Hall–Kier alpha value is -2.38. The quantitative estimate of drug-likeness (QED) is 0.586. The molecule has 8 heteroatoms. The van der Waals surface area contributed by atoms with E-state index >= 15 is 0 Å². The van der Waals surface area contributed by atoms with Crippen LogP contribution < -0.4 is 16.6 Å². The van der Waals surface area contributed by atoms with Gasteiger partial charge in [-0.3, -0.25) is 9.78 Å². The van der Waals surface area contributed by atoms with Crippen molar-refractivity contribution in [2.75, 3.05) is 11.9 Å². The molecule has 0 aliphatic heterocycles. The van der Waals surface area contributed by atoms with Gasteiger partial charge in [0.05, 0.1) is 6.33 Å². The lowest BCUT2D eigenvalue weighted by Crippen LogP contribution is -2.27. The molecule has 0 bridgehead atoms. The molecule has 0 spiro atoms. The summed E-state index contributed by atoms with van der Waals surface area (Å²) >= 11 is 0. The van der Waals surface area contributed by atoms with Crippen LogP contribution in [-0.4, -0.2) is 31.3 Å². The third-order valence-electron chi connectivity index (χ3n) is 2.16. The number of imidazole rings is 1. The molecule has 0 aliphatic rings. The zero-order valence-electron chi connectivity index (χ0n) is 9.01. The third-order valence-corrected chi connectivity index (χ3v) is 2.16. The van der Waals surface area contributed by atoms with E-state index in [1.54, 1.807) is 12.5 Å². The van der Waals surface area contributed by atoms with Crippen LogP contribution in [0.25, 0.3) is 0 Å². The maximum atomic E-state index is 11.2. The Balaban J connectivity index is 1.82. The Labute approximate surface area is 95.7 Å². The molecule has 90 valence electrons. The zero-order chi connectivity index (χ0) is 12.1. The summed E-state index contributed by atoms with van der Waals surface area (Å²) in [6, 6.07) is 0. The minimum Gasteiger partial charge on any atom is -0.364 e. The lowest BCUT2D eigenvalue weighted by Gasteiger charge is -2.04. The molecule has 0 fully saturated rings. The van der Waals surface area contributed by atoms with E-state index in [0.717, 1.165) is 13.0 Å². The van der Waals surface area contributed by atoms with Gasteiger partial charge >= 0.3 is 5.69 Å². The number of H-pyrrole nitrogens is 2. The Bertz CT molecular complexity index is 570. The molecule has 0 atom stereocenters. The molecule has 8 nitrogen and oxygen atoms in total. The summed E-state index contributed by atoms with van der Waals surface area (Å²) in [6.07, 6.45) is 6.12. The van der Waals surface area contributed by atoms with Gasteiger partial charge in [-0.2, -0.15) is 0 Å². The first-order chi connectivity index (χ1) is 8.25. The minimum absolute atomic E-state index is 0.121. The van der Waals surface area contributed by atoms with Crippen LogP contribution in [0.4, 0.5) is 5.82 Å². The van der Waals surface area contributed by atoms with Crippen LogP contribution in [0, 0.1) is 0 Å². The van der Waals surface area contributed by atoms with Crippen molar-refractivity contribution in [2.24, 2.45) is 0 Å². The SMILES string of the molecule is O=c1[nH]nc(NCCCn2ccnc2)c(=O)[nH]1. The first-order valence-corrected chi connectivity index (χ1v) is 5.14. The second kappa shape index (κ2) is 5.10. The van der Waals surface area contributed by atoms with E-state index in [0.29, 0.717) is 6.54 Å². The third kappa shape index (κ3) is 3.03. The molecule has 2 rings (SSSR count). The van der Waals surface area contributed by atoms with E-state index < -0.39 is 11.2 Å².